The molecular formula is C13H7F9O2. The molecule has 0 bridgehead atoms. The molecule has 2 nitrogen and oxygen atoms in total. The number of halogens is 9. The Morgan fingerprint density at radius 2 is 1.50 bits per heavy atom. The molecule has 1 atom stereocenters. The number of fused-ring (bicyclic) bond motifs is 1. The standard InChI is InChI=1S/C13H7F9O2/c1-23-10(12(18,19)13(20,21)22)7-5-3-2-4-6(7)8(9(14)24-10)11(15,16)17/h2-5H,1H3. The molecule has 0 fully saturated rings. The van der Waals surface area contributed by atoms with Crippen molar-refractivity contribution >= 4 is 5.57 Å². The third-order valence-electron chi connectivity index (χ3n) is 3.32. The lowest BCUT2D eigenvalue weighted by atomic mass is 9.88. The van der Waals surface area contributed by atoms with Gasteiger partial charge in [-0.15, -0.1) is 0 Å². The minimum Gasteiger partial charge on any atom is -0.426 e. The fourth-order valence-corrected chi connectivity index (χ4v) is 2.29. The first kappa shape index (κ1) is 18.4. The van der Waals surface area contributed by atoms with Crippen LogP contribution in [0.3, 0.4) is 0 Å². The zero-order chi connectivity index (χ0) is 18.6. The minimum absolute atomic E-state index is 0.336. The van der Waals surface area contributed by atoms with Crippen molar-refractivity contribution < 1.29 is 49.0 Å². The molecule has 1 aromatic rings. The van der Waals surface area contributed by atoms with Gasteiger partial charge in [0.15, 0.2) is 0 Å². The molecule has 0 amide bonds. The van der Waals surface area contributed by atoms with E-state index in [2.05, 4.69) is 9.47 Å². The molecule has 11 heteroatoms. The number of alkyl halides is 8. The topological polar surface area (TPSA) is 18.5 Å². The molecule has 134 valence electrons. The molecule has 0 spiro atoms. The highest BCUT2D eigenvalue weighted by atomic mass is 19.4. The maximum atomic E-state index is 13.9. The minimum atomic E-state index is -6.29. The van der Waals surface area contributed by atoms with Gasteiger partial charge in [-0.2, -0.15) is 39.5 Å². The lowest BCUT2D eigenvalue weighted by Gasteiger charge is -2.42. The van der Waals surface area contributed by atoms with E-state index in [0.717, 1.165) is 12.1 Å². The summed E-state index contributed by atoms with van der Waals surface area (Å²) in [7, 11) is 0.336. The number of rotatable bonds is 2. The third-order valence-corrected chi connectivity index (χ3v) is 3.32. The Labute approximate surface area is 128 Å². The highest BCUT2D eigenvalue weighted by molar-refractivity contribution is 5.75. The van der Waals surface area contributed by atoms with Crippen molar-refractivity contribution in [1.82, 2.24) is 0 Å². The predicted octanol–water partition coefficient (Wildman–Crippen LogP) is 4.91. The summed E-state index contributed by atoms with van der Waals surface area (Å²) in [5.41, 5.74) is -4.65. The van der Waals surface area contributed by atoms with Crippen LogP contribution in [0, 0.1) is 0 Å². The molecule has 1 unspecified atom stereocenters. The molecule has 24 heavy (non-hydrogen) atoms. The summed E-state index contributed by atoms with van der Waals surface area (Å²) in [5, 5.41) is 0. The quantitative estimate of drug-likeness (QED) is 0.693. The second kappa shape index (κ2) is 5.30. The number of hydrogen-bond donors (Lipinski definition) is 0. The van der Waals surface area contributed by atoms with Crippen LogP contribution >= 0.6 is 0 Å². The Balaban J connectivity index is 2.84. The van der Waals surface area contributed by atoms with Crippen molar-refractivity contribution in [2.24, 2.45) is 0 Å². The van der Waals surface area contributed by atoms with Crippen LogP contribution in [0.15, 0.2) is 30.3 Å². The van der Waals surface area contributed by atoms with Gasteiger partial charge in [0.05, 0.1) is 0 Å². The van der Waals surface area contributed by atoms with Gasteiger partial charge in [0, 0.05) is 18.2 Å². The summed E-state index contributed by atoms with van der Waals surface area (Å²) in [5.74, 6) is -9.99. The van der Waals surface area contributed by atoms with Gasteiger partial charge < -0.3 is 9.47 Å². The molecule has 0 saturated carbocycles. The maximum absolute atomic E-state index is 13.9. The van der Waals surface area contributed by atoms with Crippen LogP contribution in [0.2, 0.25) is 0 Å². The average Bonchev–Trinajstić information content (AvgIpc) is 2.43. The zero-order valence-corrected chi connectivity index (χ0v) is 11.5. The summed E-state index contributed by atoms with van der Waals surface area (Å²) < 4.78 is 126. The van der Waals surface area contributed by atoms with Crippen molar-refractivity contribution in [3.8, 4) is 0 Å². The van der Waals surface area contributed by atoms with E-state index < -0.39 is 46.8 Å². The monoisotopic (exact) mass is 366 g/mol. The number of hydrogen-bond acceptors (Lipinski definition) is 2. The van der Waals surface area contributed by atoms with E-state index in [0.29, 0.717) is 19.2 Å². The van der Waals surface area contributed by atoms with Crippen LogP contribution in [0.25, 0.3) is 5.57 Å². The van der Waals surface area contributed by atoms with E-state index >= 15 is 0 Å². The summed E-state index contributed by atoms with van der Waals surface area (Å²) >= 11 is 0. The summed E-state index contributed by atoms with van der Waals surface area (Å²) in [4.78, 5) is 0. The molecule has 1 heterocycles. The smallest absolute Gasteiger partial charge is 0.426 e. The Bertz CT molecular complexity index is 675. The fraction of sp³-hybridized carbons (Fsp3) is 0.385. The molecule has 0 radical (unpaired) electrons. The van der Waals surface area contributed by atoms with Gasteiger partial charge in [0.2, 0.25) is 0 Å². The molecule has 1 aliphatic rings. The Morgan fingerprint density at radius 3 is 1.96 bits per heavy atom. The molecule has 1 aromatic carbocycles. The van der Waals surface area contributed by atoms with Crippen molar-refractivity contribution in [2.45, 2.75) is 24.1 Å². The second-order valence-corrected chi connectivity index (χ2v) is 4.69. The fourth-order valence-electron chi connectivity index (χ4n) is 2.29. The van der Waals surface area contributed by atoms with Gasteiger partial charge in [0.1, 0.15) is 5.57 Å². The van der Waals surface area contributed by atoms with Gasteiger partial charge in [0.25, 0.3) is 6.01 Å². The molecule has 0 saturated heterocycles. The van der Waals surface area contributed by atoms with Crippen molar-refractivity contribution in [2.75, 3.05) is 7.11 Å². The molecule has 0 aliphatic carbocycles. The maximum Gasteiger partial charge on any atom is 0.460 e. The molecule has 0 N–H and O–H groups in total. The van der Waals surface area contributed by atoms with E-state index in [1.165, 1.54) is 0 Å². The Hall–Kier alpha value is -1.91. The van der Waals surface area contributed by atoms with Crippen LogP contribution in [0.1, 0.15) is 11.1 Å². The summed E-state index contributed by atoms with van der Waals surface area (Å²) in [6.07, 6.45) is -11.7. The van der Waals surface area contributed by atoms with E-state index in [9.17, 15) is 39.5 Å². The van der Waals surface area contributed by atoms with Crippen LogP contribution < -0.4 is 0 Å². The predicted molar refractivity (Wildman–Crippen MR) is 61.3 cm³/mol. The van der Waals surface area contributed by atoms with Crippen molar-refractivity contribution in [3.05, 3.63) is 41.4 Å². The van der Waals surface area contributed by atoms with Crippen molar-refractivity contribution in [1.29, 1.82) is 0 Å². The SMILES string of the molecule is COC1(C(F)(F)C(F)(F)F)OC(F)=C(C(F)(F)F)c2ccccc21. The molecule has 1 aliphatic heterocycles. The van der Waals surface area contributed by atoms with Crippen LogP contribution in [0.4, 0.5) is 39.5 Å². The molecular weight excluding hydrogens is 359 g/mol. The normalized spacial score (nSPS) is 22.2. The number of allylic oxidation sites excluding steroid dienone is 1. The average molecular weight is 366 g/mol. The van der Waals surface area contributed by atoms with Gasteiger partial charge in [-0.3, -0.25) is 0 Å². The summed E-state index contributed by atoms with van der Waals surface area (Å²) in [6.45, 7) is 0. The van der Waals surface area contributed by atoms with E-state index in [1.54, 1.807) is 0 Å². The third kappa shape index (κ3) is 2.41. The highest BCUT2D eigenvalue weighted by Crippen LogP contribution is 2.57. The Kier molecular flexibility index (Phi) is 4.07. The highest BCUT2D eigenvalue weighted by Gasteiger charge is 2.76. The zero-order valence-electron chi connectivity index (χ0n) is 11.5. The van der Waals surface area contributed by atoms with E-state index in [4.69, 9.17) is 0 Å². The van der Waals surface area contributed by atoms with Gasteiger partial charge in [-0.25, -0.2) is 0 Å². The number of methoxy groups -OCH3 is 1. The van der Waals surface area contributed by atoms with Crippen LogP contribution in [-0.2, 0) is 15.3 Å². The molecule has 0 aromatic heterocycles. The van der Waals surface area contributed by atoms with Crippen LogP contribution in [0.5, 0.6) is 0 Å². The lowest BCUT2D eigenvalue weighted by molar-refractivity contribution is -0.415. The first-order valence-corrected chi connectivity index (χ1v) is 6.05. The first-order chi connectivity index (χ1) is 10.8. The van der Waals surface area contributed by atoms with Gasteiger partial charge in [-0.1, -0.05) is 24.3 Å². The second-order valence-electron chi connectivity index (χ2n) is 4.69. The Morgan fingerprint density at radius 1 is 0.958 bits per heavy atom. The van der Waals surface area contributed by atoms with E-state index in [-0.39, 0.29) is 0 Å². The van der Waals surface area contributed by atoms with Gasteiger partial charge in [-0.05, 0) is 0 Å². The molecule has 2 rings (SSSR count). The number of benzene rings is 1. The van der Waals surface area contributed by atoms with Gasteiger partial charge >= 0.3 is 24.1 Å². The first-order valence-electron chi connectivity index (χ1n) is 6.05. The van der Waals surface area contributed by atoms with Crippen LogP contribution in [-0.4, -0.2) is 25.4 Å². The summed E-state index contributed by atoms with van der Waals surface area (Å²) in [6, 6.07) is 0.207. The number of ether oxygens (including phenoxy) is 2. The lowest BCUT2D eigenvalue weighted by Crippen LogP contribution is -2.58. The largest absolute Gasteiger partial charge is 0.460 e. The van der Waals surface area contributed by atoms with E-state index in [1.807, 2.05) is 0 Å². The van der Waals surface area contributed by atoms with Crippen molar-refractivity contribution in [3.63, 3.8) is 0 Å².